The van der Waals surface area contributed by atoms with Crippen molar-refractivity contribution in [3.05, 3.63) is 204 Å². The topological polar surface area (TPSA) is 46.3 Å². The van der Waals surface area contributed by atoms with Crippen LogP contribution in [0.4, 0.5) is 0 Å². The molecule has 0 fully saturated rings. The number of rotatable bonds is 5. The maximum Gasteiger partial charge on any atom is 0.206 e. The third kappa shape index (κ3) is 5.24. The Hall–Kier alpha value is -6.95. The molecule has 0 radical (unpaired) electrons. The van der Waals surface area contributed by atoms with Crippen molar-refractivity contribution in [3.8, 4) is 27.9 Å². The standard InChI is InChI=1S/C51H39N5/c1-5-18-34(19-6-1)38-28-17-31-45(46(38)35-20-7-2-8-21-35)55-43-29-15-13-26-39(43)41-32-33-42-40-27-14-16-30-44(40)56(48(42)47(41)55)51-53-49(36-22-9-3-10-23-36)52-50(54-51)37-24-11-4-12-25-37/h1-14,16-28,30-33,49-50,52H,15,29H2,(H,53,54). The van der Waals surface area contributed by atoms with Crippen molar-refractivity contribution in [2.75, 3.05) is 0 Å². The van der Waals surface area contributed by atoms with Crippen LogP contribution < -0.4 is 10.6 Å². The van der Waals surface area contributed by atoms with Gasteiger partial charge in [-0.2, -0.15) is 0 Å². The van der Waals surface area contributed by atoms with Gasteiger partial charge in [0.05, 0.1) is 22.2 Å². The number of nitrogens with zero attached hydrogens (tertiary/aromatic N) is 3. The van der Waals surface area contributed by atoms with Crippen molar-refractivity contribution < 1.29 is 0 Å². The molecule has 0 bridgehead atoms. The van der Waals surface area contributed by atoms with Gasteiger partial charge in [-0.05, 0) is 52.8 Å². The summed E-state index contributed by atoms with van der Waals surface area (Å²) in [4.78, 5) is 5.51. The van der Waals surface area contributed by atoms with E-state index < -0.39 is 0 Å². The van der Waals surface area contributed by atoms with E-state index in [4.69, 9.17) is 4.99 Å². The summed E-state index contributed by atoms with van der Waals surface area (Å²) in [5.41, 5.74) is 14.3. The van der Waals surface area contributed by atoms with Crippen LogP contribution in [0.15, 0.2) is 187 Å². The molecule has 0 saturated heterocycles. The number of hydrogen-bond acceptors (Lipinski definition) is 3. The van der Waals surface area contributed by atoms with Crippen LogP contribution in [0, 0.1) is 0 Å². The van der Waals surface area contributed by atoms with Crippen molar-refractivity contribution >= 4 is 44.7 Å². The summed E-state index contributed by atoms with van der Waals surface area (Å²) in [5.74, 6) is 0.813. The molecule has 1 aliphatic heterocycles. The molecule has 3 heterocycles. The first kappa shape index (κ1) is 32.5. The van der Waals surface area contributed by atoms with Gasteiger partial charge in [-0.3, -0.25) is 9.88 Å². The fraction of sp³-hybridized carbons (Fsp3) is 0.0784. The number of benzene rings is 7. The smallest absolute Gasteiger partial charge is 0.206 e. The maximum absolute atomic E-state index is 5.51. The average Bonchev–Trinajstić information content (AvgIpc) is 3.80. The summed E-state index contributed by atoms with van der Waals surface area (Å²) in [6, 6.07) is 63.2. The molecule has 2 N–H and O–H groups in total. The van der Waals surface area contributed by atoms with Gasteiger partial charge in [0.15, 0.2) is 0 Å². The third-order valence-corrected chi connectivity index (χ3v) is 11.5. The van der Waals surface area contributed by atoms with Crippen molar-refractivity contribution in [3.63, 3.8) is 0 Å². The van der Waals surface area contributed by atoms with Crippen LogP contribution >= 0.6 is 0 Å². The average molecular weight is 722 g/mol. The third-order valence-electron chi connectivity index (χ3n) is 11.5. The first-order chi connectivity index (χ1) is 27.8. The maximum atomic E-state index is 5.51. The summed E-state index contributed by atoms with van der Waals surface area (Å²) in [5, 5.41) is 11.3. The highest BCUT2D eigenvalue weighted by Gasteiger charge is 2.30. The Balaban J connectivity index is 1.26. The number of hydrogen-bond donors (Lipinski definition) is 2. The Kier molecular flexibility index (Phi) is 7.78. The lowest BCUT2D eigenvalue weighted by Gasteiger charge is -2.32. The van der Waals surface area contributed by atoms with Gasteiger partial charge in [0, 0.05) is 33.0 Å². The predicted octanol–water partition coefficient (Wildman–Crippen LogP) is 11.8. The number of nitrogens with one attached hydrogen (secondary N) is 2. The van der Waals surface area contributed by atoms with E-state index in [-0.39, 0.29) is 12.3 Å². The molecule has 2 atom stereocenters. The van der Waals surface area contributed by atoms with Gasteiger partial charge >= 0.3 is 0 Å². The largest absolute Gasteiger partial charge is 0.336 e. The van der Waals surface area contributed by atoms with Crippen LogP contribution in [0.25, 0.3) is 66.7 Å². The van der Waals surface area contributed by atoms with Crippen LogP contribution in [0.5, 0.6) is 0 Å². The van der Waals surface area contributed by atoms with Crippen LogP contribution in [-0.4, -0.2) is 15.1 Å². The first-order valence-electron chi connectivity index (χ1n) is 19.5. The monoisotopic (exact) mass is 721 g/mol. The highest BCUT2D eigenvalue weighted by Crippen LogP contribution is 2.45. The van der Waals surface area contributed by atoms with Gasteiger partial charge in [-0.15, -0.1) is 0 Å². The lowest BCUT2D eigenvalue weighted by Crippen LogP contribution is -2.47. The molecule has 5 heteroatoms. The SMILES string of the molecule is C1=Cc2c(n(-c3cccc(-c4ccccc4)c3-c3ccccc3)c3c2ccc2c4ccccc4n(C4=NC(c5ccccc5)NC(c5ccccc5)N4)c23)CC1. The lowest BCUT2D eigenvalue weighted by molar-refractivity contribution is 0.403. The quantitative estimate of drug-likeness (QED) is 0.186. The molecule has 0 saturated carbocycles. The fourth-order valence-corrected chi connectivity index (χ4v) is 9.01. The number of allylic oxidation sites excluding steroid dienone is 1. The van der Waals surface area contributed by atoms with E-state index in [0.29, 0.717) is 0 Å². The van der Waals surface area contributed by atoms with Crippen LogP contribution in [-0.2, 0) is 6.42 Å². The Bertz CT molecular complexity index is 2960. The Labute approximate surface area is 325 Å². The van der Waals surface area contributed by atoms with Crippen molar-refractivity contribution in [2.45, 2.75) is 25.2 Å². The predicted molar refractivity (Wildman–Crippen MR) is 232 cm³/mol. The summed E-state index contributed by atoms with van der Waals surface area (Å²) in [7, 11) is 0. The van der Waals surface area contributed by atoms with Gasteiger partial charge in [-0.1, -0.05) is 176 Å². The molecule has 11 rings (SSSR count). The summed E-state index contributed by atoms with van der Waals surface area (Å²) in [6.07, 6.45) is 6.18. The number of aromatic nitrogens is 2. The second-order valence-electron chi connectivity index (χ2n) is 14.7. The summed E-state index contributed by atoms with van der Waals surface area (Å²) in [6.45, 7) is 0. The van der Waals surface area contributed by atoms with E-state index in [2.05, 4.69) is 208 Å². The second kappa shape index (κ2) is 13.4. The second-order valence-corrected chi connectivity index (χ2v) is 14.7. The molecule has 1 aliphatic carbocycles. The molecule has 7 aromatic carbocycles. The molecule has 2 aromatic heterocycles. The Morgan fingerprint density at radius 2 is 1.18 bits per heavy atom. The number of para-hydroxylation sites is 1. The molecule has 9 aromatic rings. The Morgan fingerprint density at radius 1 is 0.536 bits per heavy atom. The van der Waals surface area contributed by atoms with Crippen LogP contribution in [0.1, 0.15) is 41.1 Å². The molecule has 0 amide bonds. The van der Waals surface area contributed by atoms with Gasteiger partial charge < -0.3 is 9.88 Å². The fourth-order valence-electron chi connectivity index (χ4n) is 9.01. The van der Waals surface area contributed by atoms with Gasteiger partial charge in [0.25, 0.3) is 0 Å². The highest BCUT2D eigenvalue weighted by molar-refractivity contribution is 6.22. The zero-order chi connectivity index (χ0) is 37.0. The van der Waals surface area contributed by atoms with Gasteiger partial charge in [-0.25, -0.2) is 4.99 Å². The lowest BCUT2D eigenvalue weighted by atomic mass is 9.92. The zero-order valence-corrected chi connectivity index (χ0v) is 30.8. The summed E-state index contributed by atoms with van der Waals surface area (Å²) < 4.78 is 4.99. The number of fused-ring (bicyclic) bond motifs is 7. The normalized spacial score (nSPS) is 16.5. The van der Waals surface area contributed by atoms with Crippen LogP contribution in [0.3, 0.4) is 0 Å². The Morgan fingerprint density at radius 3 is 1.95 bits per heavy atom. The molecule has 5 nitrogen and oxygen atoms in total. The van der Waals surface area contributed by atoms with Gasteiger partial charge in [0.1, 0.15) is 12.3 Å². The first-order valence-corrected chi connectivity index (χ1v) is 19.5. The minimum atomic E-state index is -0.261. The molecular weight excluding hydrogens is 683 g/mol. The minimum Gasteiger partial charge on any atom is -0.336 e. The molecule has 2 unspecified atom stereocenters. The molecular formula is C51H39N5. The molecule has 0 spiro atoms. The van der Waals surface area contributed by atoms with E-state index >= 15 is 0 Å². The molecule has 56 heavy (non-hydrogen) atoms. The van der Waals surface area contributed by atoms with Crippen LogP contribution in [0.2, 0.25) is 0 Å². The van der Waals surface area contributed by atoms with Crippen molar-refractivity contribution in [2.24, 2.45) is 4.99 Å². The number of aliphatic imine (C=N–C) groups is 1. The van der Waals surface area contributed by atoms with Crippen molar-refractivity contribution in [1.82, 2.24) is 19.8 Å². The van der Waals surface area contributed by atoms with E-state index in [0.717, 1.165) is 41.0 Å². The van der Waals surface area contributed by atoms with E-state index in [1.54, 1.807) is 0 Å². The molecule has 268 valence electrons. The van der Waals surface area contributed by atoms with E-state index in [9.17, 15) is 0 Å². The van der Waals surface area contributed by atoms with Gasteiger partial charge in [0.2, 0.25) is 5.96 Å². The summed E-state index contributed by atoms with van der Waals surface area (Å²) >= 11 is 0. The minimum absolute atomic E-state index is 0.167. The van der Waals surface area contributed by atoms with Crippen molar-refractivity contribution in [1.29, 1.82) is 0 Å². The van der Waals surface area contributed by atoms with E-state index in [1.807, 2.05) is 0 Å². The van der Waals surface area contributed by atoms with E-state index in [1.165, 1.54) is 60.9 Å². The molecule has 2 aliphatic rings. The zero-order valence-electron chi connectivity index (χ0n) is 30.8. The highest BCUT2D eigenvalue weighted by atomic mass is 15.4.